The molecule has 0 unspecified atom stereocenters. The van der Waals surface area contributed by atoms with Gasteiger partial charge in [-0.2, -0.15) is 0 Å². The second kappa shape index (κ2) is 10.3. The third kappa shape index (κ3) is 6.20. The molecule has 3 aromatic rings. The first-order valence-corrected chi connectivity index (χ1v) is 10.6. The van der Waals surface area contributed by atoms with E-state index in [0.29, 0.717) is 12.0 Å². The molecule has 0 fully saturated rings. The fourth-order valence-corrected chi connectivity index (χ4v) is 3.68. The molecule has 2 atom stereocenters. The topological polar surface area (TPSA) is 21.3 Å². The van der Waals surface area contributed by atoms with Gasteiger partial charge in [-0.15, -0.1) is 0 Å². The highest BCUT2D eigenvalue weighted by Crippen LogP contribution is 2.30. The van der Waals surface area contributed by atoms with Gasteiger partial charge in [0, 0.05) is 12.0 Å². The first kappa shape index (κ1) is 21.1. The highest BCUT2D eigenvalue weighted by Gasteiger charge is 2.15. The molecule has 0 heterocycles. The summed E-state index contributed by atoms with van der Waals surface area (Å²) in [7, 11) is 0. The Morgan fingerprint density at radius 2 is 1.31 bits per heavy atom. The van der Waals surface area contributed by atoms with Gasteiger partial charge in [-0.05, 0) is 69.5 Å². The Hall–Kier alpha value is -2.58. The van der Waals surface area contributed by atoms with Crippen LogP contribution in [0.5, 0.6) is 5.75 Å². The SMILES string of the molecule is Cc1ccc([C@H](CCN[C@H](C)c2ccccc2)c2ccc(OC(C)C)cc2)cc1. The number of rotatable bonds is 9. The second-order valence-corrected chi connectivity index (χ2v) is 8.07. The van der Waals surface area contributed by atoms with Gasteiger partial charge >= 0.3 is 0 Å². The van der Waals surface area contributed by atoms with Crippen molar-refractivity contribution in [1.29, 1.82) is 0 Å². The zero-order valence-corrected chi connectivity index (χ0v) is 18.1. The Morgan fingerprint density at radius 1 is 0.724 bits per heavy atom. The summed E-state index contributed by atoms with van der Waals surface area (Å²) in [6.45, 7) is 9.44. The lowest BCUT2D eigenvalue weighted by Crippen LogP contribution is -2.21. The molecule has 3 rings (SSSR count). The Morgan fingerprint density at radius 3 is 1.90 bits per heavy atom. The van der Waals surface area contributed by atoms with Gasteiger partial charge in [-0.3, -0.25) is 0 Å². The van der Waals surface area contributed by atoms with Crippen LogP contribution >= 0.6 is 0 Å². The zero-order chi connectivity index (χ0) is 20.6. The Labute approximate surface area is 175 Å². The minimum atomic E-state index is 0.192. The third-order valence-electron chi connectivity index (χ3n) is 5.32. The van der Waals surface area contributed by atoms with E-state index in [4.69, 9.17) is 4.74 Å². The Balaban J connectivity index is 1.72. The monoisotopic (exact) mass is 387 g/mol. The number of nitrogens with one attached hydrogen (secondary N) is 1. The molecular weight excluding hydrogens is 354 g/mol. The van der Waals surface area contributed by atoms with E-state index in [1.807, 2.05) is 0 Å². The van der Waals surface area contributed by atoms with Gasteiger partial charge in [0.15, 0.2) is 0 Å². The van der Waals surface area contributed by atoms with Crippen LogP contribution in [0.3, 0.4) is 0 Å². The van der Waals surface area contributed by atoms with Crippen molar-refractivity contribution in [2.45, 2.75) is 52.2 Å². The zero-order valence-electron chi connectivity index (χ0n) is 18.1. The van der Waals surface area contributed by atoms with Crippen molar-refractivity contribution >= 4 is 0 Å². The molecule has 2 heteroatoms. The van der Waals surface area contributed by atoms with Crippen molar-refractivity contribution in [2.75, 3.05) is 6.54 Å². The summed E-state index contributed by atoms with van der Waals surface area (Å²) in [5, 5.41) is 3.69. The highest BCUT2D eigenvalue weighted by molar-refractivity contribution is 5.37. The van der Waals surface area contributed by atoms with Gasteiger partial charge in [-0.1, -0.05) is 72.3 Å². The van der Waals surface area contributed by atoms with Gasteiger partial charge in [0.2, 0.25) is 0 Å². The number of aryl methyl sites for hydroxylation is 1. The second-order valence-electron chi connectivity index (χ2n) is 8.07. The molecule has 1 N–H and O–H groups in total. The minimum absolute atomic E-state index is 0.192. The largest absolute Gasteiger partial charge is 0.491 e. The molecule has 0 aliphatic rings. The Kier molecular flexibility index (Phi) is 7.48. The van der Waals surface area contributed by atoms with Gasteiger partial charge in [0.25, 0.3) is 0 Å². The smallest absolute Gasteiger partial charge is 0.119 e. The van der Waals surface area contributed by atoms with Crippen LogP contribution < -0.4 is 10.1 Å². The first-order chi connectivity index (χ1) is 14.0. The van der Waals surface area contributed by atoms with Gasteiger partial charge < -0.3 is 10.1 Å². The fraction of sp³-hybridized carbons (Fsp3) is 0.333. The molecule has 0 bridgehead atoms. The standard InChI is InChI=1S/C27H33NO/c1-20(2)29-26-16-14-25(15-17-26)27(24-12-10-21(3)11-13-24)18-19-28-22(4)23-8-6-5-7-9-23/h5-17,20,22,27-28H,18-19H2,1-4H3/t22-,27+/m1/s1. The predicted octanol–water partition coefficient (Wildman–Crippen LogP) is 6.66. The van der Waals surface area contributed by atoms with E-state index in [9.17, 15) is 0 Å². The maximum atomic E-state index is 5.82. The molecule has 0 aliphatic heterocycles. The number of hydrogen-bond acceptors (Lipinski definition) is 2. The maximum Gasteiger partial charge on any atom is 0.119 e. The van der Waals surface area contributed by atoms with Crippen LogP contribution in [-0.4, -0.2) is 12.6 Å². The molecule has 2 nitrogen and oxygen atoms in total. The summed E-state index contributed by atoms with van der Waals surface area (Å²) < 4.78 is 5.82. The Bertz CT molecular complexity index is 853. The fourth-order valence-electron chi connectivity index (χ4n) is 3.68. The molecule has 0 aliphatic carbocycles. The predicted molar refractivity (Wildman–Crippen MR) is 123 cm³/mol. The van der Waals surface area contributed by atoms with Crippen LogP contribution in [-0.2, 0) is 0 Å². The van der Waals surface area contributed by atoms with Gasteiger partial charge in [-0.25, -0.2) is 0 Å². The maximum absolute atomic E-state index is 5.82. The van der Waals surface area contributed by atoms with Gasteiger partial charge in [0.05, 0.1) is 6.10 Å². The minimum Gasteiger partial charge on any atom is -0.491 e. The normalized spacial score (nSPS) is 13.3. The molecule has 3 aromatic carbocycles. The van der Waals surface area contributed by atoms with Crippen molar-refractivity contribution < 1.29 is 4.74 Å². The molecule has 0 saturated carbocycles. The number of benzene rings is 3. The molecule has 0 radical (unpaired) electrons. The van der Waals surface area contributed by atoms with Crippen LogP contribution in [0, 0.1) is 6.92 Å². The molecule has 152 valence electrons. The summed E-state index contributed by atoms with van der Waals surface area (Å²) >= 11 is 0. The average Bonchev–Trinajstić information content (AvgIpc) is 2.73. The van der Waals surface area contributed by atoms with Crippen LogP contribution in [0.4, 0.5) is 0 Å². The van der Waals surface area contributed by atoms with E-state index in [1.54, 1.807) is 0 Å². The van der Waals surface area contributed by atoms with Crippen molar-refractivity contribution in [3.05, 3.63) is 101 Å². The van der Waals surface area contributed by atoms with Crippen LogP contribution in [0.2, 0.25) is 0 Å². The van der Waals surface area contributed by atoms with Crippen molar-refractivity contribution in [1.82, 2.24) is 5.32 Å². The van der Waals surface area contributed by atoms with E-state index in [1.165, 1.54) is 22.3 Å². The van der Waals surface area contributed by atoms with Crippen LogP contribution in [0.25, 0.3) is 0 Å². The quantitative estimate of drug-likeness (QED) is 0.443. The molecule has 0 spiro atoms. The van der Waals surface area contributed by atoms with Gasteiger partial charge in [0.1, 0.15) is 5.75 Å². The van der Waals surface area contributed by atoms with Crippen LogP contribution in [0.1, 0.15) is 61.4 Å². The first-order valence-electron chi connectivity index (χ1n) is 10.6. The molecule has 0 aromatic heterocycles. The van der Waals surface area contributed by atoms with E-state index in [-0.39, 0.29) is 6.10 Å². The summed E-state index contributed by atoms with van der Waals surface area (Å²) in [5.74, 6) is 1.29. The highest BCUT2D eigenvalue weighted by atomic mass is 16.5. The van der Waals surface area contributed by atoms with E-state index >= 15 is 0 Å². The molecule has 29 heavy (non-hydrogen) atoms. The van der Waals surface area contributed by atoms with E-state index in [2.05, 4.69) is 112 Å². The number of hydrogen-bond donors (Lipinski definition) is 1. The summed E-state index contributed by atoms with van der Waals surface area (Å²) in [6.07, 6.45) is 1.24. The van der Waals surface area contributed by atoms with Crippen LogP contribution in [0.15, 0.2) is 78.9 Å². The molecule has 0 saturated heterocycles. The molecule has 0 amide bonds. The average molecular weight is 388 g/mol. The van der Waals surface area contributed by atoms with Crippen molar-refractivity contribution in [3.8, 4) is 5.75 Å². The third-order valence-corrected chi connectivity index (χ3v) is 5.32. The lowest BCUT2D eigenvalue weighted by atomic mass is 9.88. The summed E-state index contributed by atoms with van der Waals surface area (Å²) in [4.78, 5) is 0. The van der Waals surface area contributed by atoms with Crippen molar-refractivity contribution in [3.63, 3.8) is 0 Å². The van der Waals surface area contributed by atoms with E-state index < -0.39 is 0 Å². The molecular formula is C27H33NO. The summed E-state index contributed by atoms with van der Waals surface area (Å²) in [6, 6.07) is 28.5. The summed E-state index contributed by atoms with van der Waals surface area (Å²) in [5.41, 5.74) is 5.32. The van der Waals surface area contributed by atoms with Crippen molar-refractivity contribution in [2.24, 2.45) is 0 Å². The lowest BCUT2D eigenvalue weighted by Gasteiger charge is -2.21. The lowest BCUT2D eigenvalue weighted by molar-refractivity contribution is 0.242. The number of ether oxygens (including phenoxy) is 1. The van der Waals surface area contributed by atoms with E-state index in [0.717, 1.165) is 18.7 Å².